The first-order valence-electron chi connectivity index (χ1n) is 16.4. The van der Waals surface area contributed by atoms with E-state index in [1.54, 1.807) is 0 Å². The van der Waals surface area contributed by atoms with Crippen LogP contribution in [0.15, 0.2) is 121 Å². The lowest BCUT2D eigenvalue weighted by molar-refractivity contribution is -0.100. The SMILES string of the molecule is C[C@H]1[C@H](O)[C@@H](O)[C@@H]2[C@@H](OCc3ccccc3)[C@H](OCc3ccccc3)[C@@H](CO[Si](c3ccccc3)(c3ccccc3)C(C)(C)C)N21. The zero-order valence-corrected chi connectivity index (χ0v) is 28.3. The Morgan fingerprint density at radius 2 is 1.07 bits per heavy atom. The molecule has 2 aliphatic rings. The molecule has 2 N–H and O–H groups in total. The Labute approximate surface area is 274 Å². The monoisotopic (exact) mass is 637 g/mol. The van der Waals surface area contributed by atoms with Crippen molar-refractivity contribution in [2.75, 3.05) is 6.61 Å². The van der Waals surface area contributed by atoms with Crippen molar-refractivity contribution < 1.29 is 24.1 Å². The van der Waals surface area contributed by atoms with Crippen molar-refractivity contribution in [3.63, 3.8) is 0 Å². The smallest absolute Gasteiger partial charge is 0.261 e. The molecular formula is C39H47NO5Si. The Kier molecular flexibility index (Phi) is 9.92. The molecule has 7 atom stereocenters. The Bertz CT molecular complexity index is 1480. The van der Waals surface area contributed by atoms with Gasteiger partial charge < -0.3 is 24.1 Å². The lowest BCUT2D eigenvalue weighted by Crippen LogP contribution is -2.67. The molecule has 0 unspecified atom stereocenters. The van der Waals surface area contributed by atoms with Crippen LogP contribution in [0.2, 0.25) is 5.04 Å². The van der Waals surface area contributed by atoms with E-state index in [2.05, 4.69) is 98.5 Å². The zero-order chi connectivity index (χ0) is 32.3. The average Bonchev–Trinajstić information content (AvgIpc) is 3.50. The average molecular weight is 638 g/mol. The molecule has 0 aliphatic carbocycles. The van der Waals surface area contributed by atoms with E-state index in [1.165, 1.54) is 10.4 Å². The minimum atomic E-state index is -2.87. The maximum Gasteiger partial charge on any atom is 0.261 e. The summed E-state index contributed by atoms with van der Waals surface area (Å²) in [5, 5.41) is 24.9. The van der Waals surface area contributed by atoms with E-state index < -0.39 is 38.8 Å². The number of rotatable bonds is 11. The summed E-state index contributed by atoms with van der Waals surface area (Å²) in [6, 6.07) is 40.5. The number of aliphatic hydroxyl groups excluding tert-OH is 2. The van der Waals surface area contributed by atoms with Crippen LogP contribution in [-0.4, -0.2) is 72.6 Å². The van der Waals surface area contributed by atoms with Gasteiger partial charge in [-0.1, -0.05) is 142 Å². The summed E-state index contributed by atoms with van der Waals surface area (Å²) in [5.74, 6) is 0. The van der Waals surface area contributed by atoms with Crippen LogP contribution >= 0.6 is 0 Å². The van der Waals surface area contributed by atoms with Gasteiger partial charge in [-0.05, 0) is 33.5 Å². The number of benzene rings is 4. The summed E-state index contributed by atoms with van der Waals surface area (Å²) in [7, 11) is -2.87. The zero-order valence-electron chi connectivity index (χ0n) is 27.3. The highest BCUT2D eigenvalue weighted by molar-refractivity contribution is 6.99. The van der Waals surface area contributed by atoms with Crippen molar-refractivity contribution in [2.45, 2.75) is 88.5 Å². The van der Waals surface area contributed by atoms with Crippen molar-refractivity contribution >= 4 is 18.7 Å². The van der Waals surface area contributed by atoms with Crippen LogP contribution in [0.3, 0.4) is 0 Å². The minimum absolute atomic E-state index is 0.201. The van der Waals surface area contributed by atoms with Crippen LogP contribution in [-0.2, 0) is 27.1 Å². The number of aliphatic hydroxyl groups is 2. The van der Waals surface area contributed by atoms with E-state index >= 15 is 0 Å². The molecule has 242 valence electrons. The van der Waals surface area contributed by atoms with Gasteiger partial charge in [0.15, 0.2) is 0 Å². The molecule has 6 nitrogen and oxygen atoms in total. The van der Waals surface area contributed by atoms with Crippen molar-refractivity contribution in [1.82, 2.24) is 4.90 Å². The van der Waals surface area contributed by atoms with E-state index in [0.717, 1.165) is 11.1 Å². The van der Waals surface area contributed by atoms with Gasteiger partial charge in [0, 0.05) is 6.04 Å². The van der Waals surface area contributed by atoms with Crippen LogP contribution in [0.5, 0.6) is 0 Å². The molecule has 0 saturated carbocycles. The molecule has 0 aromatic heterocycles. The summed E-state index contributed by atoms with van der Waals surface area (Å²) in [5.41, 5.74) is 2.11. The van der Waals surface area contributed by atoms with Gasteiger partial charge >= 0.3 is 0 Å². The second-order valence-electron chi connectivity index (χ2n) is 13.7. The molecule has 4 aromatic carbocycles. The first-order valence-corrected chi connectivity index (χ1v) is 18.3. The third-order valence-electron chi connectivity index (χ3n) is 9.89. The summed E-state index contributed by atoms with van der Waals surface area (Å²) in [4.78, 5) is 2.22. The van der Waals surface area contributed by atoms with Gasteiger partial charge in [-0.2, -0.15) is 0 Å². The molecular weight excluding hydrogens is 591 g/mol. The predicted molar refractivity (Wildman–Crippen MR) is 185 cm³/mol. The first kappa shape index (κ1) is 32.8. The van der Waals surface area contributed by atoms with E-state index in [4.69, 9.17) is 13.9 Å². The van der Waals surface area contributed by atoms with Crippen molar-refractivity contribution in [2.24, 2.45) is 0 Å². The molecule has 0 spiro atoms. The van der Waals surface area contributed by atoms with Gasteiger partial charge in [0.2, 0.25) is 0 Å². The van der Waals surface area contributed by atoms with E-state index in [1.807, 2.05) is 55.5 Å². The fourth-order valence-electron chi connectivity index (χ4n) is 7.67. The van der Waals surface area contributed by atoms with Gasteiger partial charge in [0.05, 0.1) is 44.1 Å². The number of hydrogen-bond donors (Lipinski definition) is 2. The third kappa shape index (κ3) is 6.26. The molecule has 46 heavy (non-hydrogen) atoms. The van der Waals surface area contributed by atoms with Crippen molar-refractivity contribution in [3.05, 3.63) is 132 Å². The lowest BCUT2D eigenvalue weighted by Gasteiger charge is -2.44. The molecule has 4 aromatic rings. The molecule has 7 heteroatoms. The highest BCUT2D eigenvalue weighted by Crippen LogP contribution is 2.43. The maximum atomic E-state index is 11.5. The summed E-state index contributed by atoms with van der Waals surface area (Å²) < 4.78 is 21.0. The lowest BCUT2D eigenvalue weighted by atomic mass is 9.99. The van der Waals surface area contributed by atoms with Crippen LogP contribution in [0.4, 0.5) is 0 Å². The Morgan fingerprint density at radius 1 is 0.630 bits per heavy atom. The first-order chi connectivity index (χ1) is 22.2. The third-order valence-corrected chi connectivity index (χ3v) is 14.9. The van der Waals surface area contributed by atoms with Crippen molar-refractivity contribution in [1.29, 1.82) is 0 Å². The molecule has 2 saturated heterocycles. The van der Waals surface area contributed by atoms with Crippen molar-refractivity contribution in [3.8, 4) is 0 Å². The van der Waals surface area contributed by atoms with Gasteiger partial charge in [-0.15, -0.1) is 0 Å². The second-order valence-corrected chi connectivity index (χ2v) is 18.0. The number of nitrogens with zero attached hydrogens (tertiary/aromatic N) is 1. The number of hydrogen-bond acceptors (Lipinski definition) is 6. The fraction of sp³-hybridized carbons (Fsp3) is 0.385. The van der Waals surface area contributed by atoms with E-state index in [9.17, 15) is 10.2 Å². The van der Waals surface area contributed by atoms with Gasteiger partial charge in [-0.3, -0.25) is 4.90 Å². The fourth-order valence-corrected chi connectivity index (χ4v) is 12.2. The Morgan fingerprint density at radius 3 is 1.52 bits per heavy atom. The van der Waals surface area contributed by atoms with Gasteiger partial charge in [0.25, 0.3) is 8.32 Å². The molecule has 2 fully saturated rings. The predicted octanol–water partition coefficient (Wildman–Crippen LogP) is 4.91. The number of ether oxygens (including phenoxy) is 2. The quantitative estimate of drug-likeness (QED) is 0.228. The normalized spacial score (nSPS) is 26.7. The topological polar surface area (TPSA) is 71.4 Å². The van der Waals surface area contributed by atoms with Gasteiger partial charge in [-0.25, -0.2) is 0 Å². The molecule has 0 radical (unpaired) electrons. The molecule has 2 heterocycles. The largest absolute Gasteiger partial charge is 0.406 e. The Balaban J connectivity index is 1.40. The summed E-state index contributed by atoms with van der Waals surface area (Å²) in [6.45, 7) is 9.95. The minimum Gasteiger partial charge on any atom is -0.406 e. The molecule has 6 rings (SSSR count). The highest BCUT2D eigenvalue weighted by Gasteiger charge is 2.62. The van der Waals surface area contributed by atoms with Crippen LogP contribution < -0.4 is 10.4 Å². The van der Waals surface area contributed by atoms with E-state index in [0.29, 0.717) is 19.8 Å². The summed E-state index contributed by atoms with van der Waals surface area (Å²) >= 11 is 0. The standard InChI is InChI=1S/C39H47NO5Si/c1-28-35(41)36(42)34-38(44-26-30-19-11-6-12-20-30)37(43-25-29-17-9-5-10-18-29)33(40(28)34)27-45-46(39(2,3)4,31-21-13-7-14-22-31)32-23-15-8-16-24-32/h5-24,28,33-38,41-42H,25-27H2,1-4H3/t28-,33+,34+,35-,36-,37+,38+/m0/s1. The second kappa shape index (κ2) is 13.9. The van der Waals surface area contributed by atoms with E-state index in [-0.39, 0.29) is 17.1 Å². The molecule has 2 aliphatic heterocycles. The maximum absolute atomic E-state index is 11.5. The highest BCUT2D eigenvalue weighted by atomic mass is 28.4. The molecule has 0 amide bonds. The molecule has 0 bridgehead atoms. The Hall–Kier alpha value is -3.14. The van der Waals surface area contributed by atoms with Crippen LogP contribution in [0.1, 0.15) is 38.8 Å². The summed E-state index contributed by atoms with van der Waals surface area (Å²) in [6.07, 6.45) is -2.77. The van der Waals surface area contributed by atoms with Crippen LogP contribution in [0.25, 0.3) is 0 Å². The number of fused-ring (bicyclic) bond motifs is 1. The van der Waals surface area contributed by atoms with Crippen LogP contribution in [0, 0.1) is 0 Å². The van der Waals surface area contributed by atoms with Gasteiger partial charge in [0.1, 0.15) is 12.2 Å².